The first-order valence-corrected chi connectivity index (χ1v) is 8.16. The van der Waals surface area contributed by atoms with Crippen molar-refractivity contribution in [3.05, 3.63) is 53.1 Å². The maximum absolute atomic E-state index is 10.5. The van der Waals surface area contributed by atoms with Crippen LogP contribution < -0.4 is 9.47 Å². The van der Waals surface area contributed by atoms with Crippen molar-refractivity contribution in [1.29, 1.82) is 0 Å². The highest BCUT2D eigenvalue weighted by atomic mass is 16.5. The van der Waals surface area contributed by atoms with Gasteiger partial charge in [-0.3, -0.25) is 0 Å². The largest absolute Gasteiger partial charge is 0.502 e. The molecule has 1 N–H and O–H groups in total. The number of fused-ring (bicyclic) bond motifs is 1. The summed E-state index contributed by atoms with van der Waals surface area (Å²) < 4.78 is 10.9. The van der Waals surface area contributed by atoms with Gasteiger partial charge in [-0.15, -0.1) is 0 Å². The molecule has 0 bridgehead atoms. The zero-order chi connectivity index (χ0) is 16.6. The summed E-state index contributed by atoms with van der Waals surface area (Å²) in [5, 5.41) is 10.5. The number of rotatable bonds is 4. The van der Waals surface area contributed by atoms with Gasteiger partial charge in [0.15, 0.2) is 11.5 Å². The van der Waals surface area contributed by atoms with Crippen LogP contribution in [-0.2, 0) is 0 Å². The SMILES string of the molecule is CC[C@H]1c2cc(OC)c(O)c(OC)c2[C@H](c2ccccc2)[C@H]1C. The molecule has 0 aliphatic heterocycles. The highest BCUT2D eigenvalue weighted by Gasteiger charge is 2.41. The molecule has 1 aliphatic rings. The van der Waals surface area contributed by atoms with E-state index in [1.807, 2.05) is 12.1 Å². The van der Waals surface area contributed by atoms with Crippen molar-refractivity contribution in [2.24, 2.45) is 5.92 Å². The average Bonchev–Trinajstić information content (AvgIpc) is 2.86. The summed E-state index contributed by atoms with van der Waals surface area (Å²) in [6.45, 7) is 4.50. The Bertz CT molecular complexity index is 694. The highest BCUT2D eigenvalue weighted by Crippen LogP contribution is 2.58. The molecule has 3 atom stereocenters. The Morgan fingerprint density at radius 2 is 1.78 bits per heavy atom. The van der Waals surface area contributed by atoms with Crippen LogP contribution in [0.3, 0.4) is 0 Å². The number of hydrogen-bond donors (Lipinski definition) is 1. The first kappa shape index (κ1) is 15.7. The lowest BCUT2D eigenvalue weighted by atomic mass is 9.83. The number of phenols is 1. The summed E-state index contributed by atoms with van der Waals surface area (Å²) in [6.07, 6.45) is 1.05. The van der Waals surface area contributed by atoms with Crippen LogP contribution in [-0.4, -0.2) is 19.3 Å². The third-order valence-electron chi connectivity index (χ3n) is 5.18. The van der Waals surface area contributed by atoms with Gasteiger partial charge in [-0.05, 0) is 35.4 Å². The van der Waals surface area contributed by atoms with Crippen molar-refractivity contribution < 1.29 is 14.6 Å². The minimum absolute atomic E-state index is 0.0960. The van der Waals surface area contributed by atoms with Gasteiger partial charge < -0.3 is 14.6 Å². The molecule has 0 spiro atoms. The van der Waals surface area contributed by atoms with Gasteiger partial charge in [-0.2, -0.15) is 0 Å². The van der Waals surface area contributed by atoms with Gasteiger partial charge in [0.2, 0.25) is 5.75 Å². The van der Waals surface area contributed by atoms with Crippen molar-refractivity contribution in [3.8, 4) is 17.2 Å². The molecule has 0 amide bonds. The molecule has 0 saturated carbocycles. The van der Waals surface area contributed by atoms with Crippen LogP contribution >= 0.6 is 0 Å². The molecule has 2 aromatic carbocycles. The van der Waals surface area contributed by atoms with Crippen molar-refractivity contribution in [3.63, 3.8) is 0 Å². The second kappa shape index (κ2) is 6.15. The lowest BCUT2D eigenvalue weighted by Gasteiger charge is -2.22. The molecule has 3 rings (SSSR count). The molecule has 23 heavy (non-hydrogen) atoms. The number of phenolic OH excluding ortho intramolecular Hbond substituents is 1. The summed E-state index contributed by atoms with van der Waals surface area (Å²) in [5.41, 5.74) is 3.61. The van der Waals surface area contributed by atoms with Crippen LogP contribution in [0.5, 0.6) is 17.2 Å². The molecule has 0 saturated heterocycles. The van der Waals surface area contributed by atoms with Crippen molar-refractivity contribution in [1.82, 2.24) is 0 Å². The zero-order valence-corrected chi connectivity index (χ0v) is 14.2. The van der Waals surface area contributed by atoms with E-state index in [0.717, 1.165) is 12.0 Å². The maximum Gasteiger partial charge on any atom is 0.201 e. The van der Waals surface area contributed by atoms with Crippen LogP contribution in [0, 0.1) is 5.92 Å². The topological polar surface area (TPSA) is 38.7 Å². The van der Waals surface area contributed by atoms with Gasteiger partial charge in [0, 0.05) is 11.5 Å². The Morgan fingerprint density at radius 3 is 2.35 bits per heavy atom. The van der Waals surface area contributed by atoms with E-state index in [1.54, 1.807) is 14.2 Å². The molecule has 1 aliphatic carbocycles. The second-order valence-electron chi connectivity index (χ2n) is 6.23. The van der Waals surface area contributed by atoms with Gasteiger partial charge in [-0.25, -0.2) is 0 Å². The molecule has 0 radical (unpaired) electrons. The predicted molar refractivity (Wildman–Crippen MR) is 91.7 cm³/mol. The van der Waals surface area contributed by atoms with Crippen LogP contribution in [0.25, 0.3) is 0 Å². The van der Waals surface area contributed by atoms with Gasteiger partial charge in [0.1, 0.15) is 0 Å². The molecule has 2 aromatic rings. The van der Waals surface area contributed by atoms with E-state index in [4.69, 9.17) is 9.47 Å². The molecule has 0 unspecified atom stereocenters. The molecule has 3 nitrogen and oxygen atoms in total. The lowest BCUT2D eigenvalue weighted by molar-refractivity contribution is 0.336. The summed E-state index contributed by atoms with van der Waals surface area (Å²) in [6, 6.07) is 12.5. The van der Waals surface area contributed by atoms with Crippen molar-refractivity contribution >= 4 is 0 Å². The summed E-state index contributed by atoms with van der Waals surface area (Å²) >= 11 is 0. The van der Waals surface area contributed by atoms with Gasteiger partial charge in [0.05, 0.1) is 14.2 Å². The predicted octanol–water partition coefficient (Wildman–Crippen LogP) is 4.68. The number of hydrogen-bond acceptors (Lipinski definition) is 3. The van der Waals surface area contributed by atoms with Gasteiger partial charge in [-0.1, -0.05) is 44.2 Å². The fraction of sp³-hybridized carbons (Fsp3) is 0.400. The van der Waals surface area contributed by atoms with Crippen LogP contribution in [0.15, 0.2) is 36.4 Å². The standard InChI is InChI=1S/C20H24O3/c1-5-14-12(2)17(13-9-7-6-8-10-13)18-15(14)11-16(22-3)19(21)20(18)23-4/h6-12,14,17,21H,5H2,1-4H3/t12-,14+,17-/m0/s1. The summed E-state index contributed by atoms with van der Waals surface area (Å²) in [7, 11) is 3.19. The van der Waals surface area contributed by atoms with E-state index in [2.05, 4.69) is 38.1 Å². The quantitative estimate of drug-likeness (QED) is 0.890. The molecular formula is C20H24O3. The fourth-order valence-corrected chi connectivity index (χ4v) is 4.15. The molecular weight excluding hydrogens is 288 g/mol. The Morgan fingerprint density at radius 1 is 1.09 bits per heavy atom. The number of methoxy groups -OCH3 is 2. The van der Waals surface area contributed by atoms with Crippen molar-refractivity contribution in [2.75, 3.05) is 14.2 Å². The van der Waals surface area contributed by atoms with E-state index < -0.39 is 0 Å². The smallest absolute Gasteiger partial charge is 0.201 e. The molecule has 3 heteroatoms. The maximum atomic E-state index is 10.5. The van der Waals surface area contributed by atoms with E-state index in [0.29, 0.717) is 23.3 Å². The lowest BCUT2D eigenvalue weighted by Crippen LogP contribution is -2.09. The van der Waals surface area contributed by atoms with Gasteiger partial charge in [0.25, 0.3) is 0 Å². The van der Waals surface area contributed by atoms with E-state index in [1.165, 1.54) is 11.1 Å². The monoisotopic (exact) mass is 312 g/mol. The van der Waals surface area contributed by atoms with E-state index in [9.17, 15) is 5.11 Å². The van der Waals surface area contributed by atoms with Gasteiger partial charge >= 0.3 is 0 Å². The molecule has 0 fully saturated rings. The van der Waals surface area contributed by atoms with Crippen LogP contribution in [0.2, 0.25) is 0 Å². The van der Waals surface area contributed by atoms with E-state index >= 15 is 0 Å². The molecule has 122 valence electrons. The Balaban J connectivity index is 2.27. The number of benzene rings is 2. The molecule has 0 heterocycles. The second-order valence-corrected chi connectivity index (χ2v) is 6.23. The Hall–Kier alpha value is -2.16. The third-order valence-corrected chi connectivity index (χ3v) is 5.18. The van der Waals surface area contributed by atoms with E-state index in [-0.39, 0.29) is 11.7 Å². The Labute approximate surface area is 137 Å². The summed E-state index contributed by atoms with van der Waals surface area (Å²) in [5.74, 6) is 2.23. The average molecular weight is 312 g/mol. The zero-order valence-electron chi connectivity index (χ0n) is 14.2. The first-order chi connectivity index (χ1) is 11.1. The normalized spacial score (nSPS) is 22.7. The highest BCUT2D eigenvalue weighted by molar-refractivity contribution is 5.64. The van der Waals surface area contributed by atoms with Crippen molar-refractivity contribution in [2.45, 2.75) is 32.1 Å². The number of ether oxygens (including phenoxy) is 2. The minimum atomic E-state index is 0.0960. The Kier molecular flexibility index (Phi) is 4.20. The summed E-state index contributed by atoms with van der Waals surface area (Å²) in [4.78, 5) is 0. The number of aromatic hydroxyl groups is 1. The fourth-order valence-electron chi connectivity index (χ4n) is 4.15. The third kappa shape index (κ3) is 2.35. The van der Waals surface area contributed by atoms with Crippen LogP contribution in [0.1, 0.15) is 48.8 Å². The first-order valence-electron chi connectivity index (χ1n) is 8.16. The van der Waals surface area contributed by atoms with Crippen LogP contribution in [0.4, 0.5) is 0 Å². The minimum Gasteiger partial charge on any atom is -0.502 e. The molecule has 0 aromatic heterocycles.